The molecule has 61 heavy (non-hydrogen) atoms. The van der Waals surface area contributed by atoms with E-state index in [1.54, 1.807) is 0 Å². The van der Waals surface area contributed by atoms with Crippen molar-refractivity contribution in [2.24, 2.45) is 0 Å². The number of carboxylic acid groups (broad SMARTS) is 1. The summed E-state index contributed by atoms with van der Waals surface area (Å²) in [5.41, 5.74) is 2.32. The van der Waals surface area contributed by atoms with Gasteiger partial charge in [-0.2, -0.15) is 39.5 Å². The van der Waals surface area contributed by atoms with Gasteiger partial charge in [0.1, 0.15) is 19.5 Å². The molecule has 0 aliphatic heterocycles. The molecule has 0 atom stereocenters. The van der Waals surface area contributed by atoms with Crippen molar-refractivity contribution in [3.63, 3.8) is 0 Å². The zero-order valence-electron chi connectivity index (χ0n) is 28.8. The van der Waals surface area contributed by atoms with Gasteiger partial charge >= 0.3 is 24.5 Å². The van der Waals surface area contributed by atoms with Crippen LogP contribution in [0.5, 0.6) is 0 Å². The summed E-state index contributed by atoms with van der Waals surface area (Å²) < 4.78 is 185. The highest BCUT2D eigenvalue weighted by atomic mass is 35.5. The van der Waals surface area contributed by atoms with E-state index in [1.165, 1.54) is 11.4 Å². The fraction of sp³-hybridized carbons (Fsp3) is 0.226. The van der Waals surface area contributed by atoms with Crippen LogP contribution in [-0.4, -0.2) is 39.0 Å². The molecule has 5 aromatic heterocycles. The number of carbonyl (C=O) groups excluding carboxylic acids is 1. The lowest BCUT2D eigenvalue weighted by Gasteiger charge is -2.09. The van der Waals surface area contributed by atoms with Crippen LogP contribution >= 0.6 is 68.8 Å². The number of nitrogens with one attached hydrogen (secondary N) is 1. The number of hydrogen-bond acceptors (Lipinski definition) is 8. The predicted molar refractivity (Wildman–Crippen MR) is 196 cm³/mol. The van der Waals surface area contributed by atoms with Gasteiger partial charge in [-0.3, -0.25) is 14.4 Å². The Morgan fingerprint density at radius 3 is 1.48 bits per heavy atom. The number of alkyl halides is 13. The molecule has 5 heterocycles. The maximum absolute atomic E-state index is 13.5. The Labute approximate surface area is 355 Å². The number of nitrogens with two attached hydrogens (primary N) is 1. The standard InChI is InChI=1S/C13H7ClF6N2O2S.C7H7F3N2O.C6H2ClF3O2S.C5H2ClF3S/c14-6-2-8(25-10(6)13(18,19)20)11(23)21-5-1-7(15)12(24)22(3-5)4-9(16)17;8-5-1-4(11)2-12(7(5)13)3-6(9)10;7-2-1-3(5(11)12)13-4(2)6(8,9)10;6-3-1-2-10-4(3)5(7,8)9/h1-3,9H,4H2,(H,21,23);1-2,6H,3,11H2;1H,(H,11,12);1-2H. The number of anilines is 2. The second-order valence-corrected chi connectivity index (χ2v) is 15.1. The average molecular weight is 1010 g/mol. The fourth-order valence-corrected chi connectivity index (χ4v) is 7.28. The Hall–Kier alpha value is -4.44. The van der Waals surface area contributed by atoms with Crippen LogP contribution in [0.15, 0.2) is 57.7 Å². The normalized spacial score (nSPS) is 11.6. The summed E-state index contributed by atoms with van der Waals surface area (Å²) in [5, 5.41) is 10.2. The highest BCUT2D eigenvalue weighted by molar-refractivity contribution is 7.15. The Balaban J connectivity index is 0.000000302. The van der Waals surface area contributed by atoms with Crippen LogP contribution in [0, 0.1) is 11.6 Å². The van der Waals surface area contributed by atoms with Crippen molar-refractivity contribution in [1.82, 2.24) is 9.13 Å². The molecule has 1 amide bonds. The molecule has 5 rings (SSSR count). The van der Waals surface area contributed by atoms with Gasteiger partial charge in [-0.05, 0) is 23.6 Å². The van der Waals surface area contributed by atoms with Gasteiger partial charge in [0.15, 0.2) is 11.6 Å². The van der Waals surface area contributed by atoms with Crippen molar-refractivity contribution >= 4 is 92.1 Å². The minimum atomic E-state index is -4.75. The van der Waals surface area contributed by atoms with Gasteiger partial charge in [0.05, 0.1) is 44.4 Å². The van der Waals surface area contributed by atoms with Crippen LogP contribution in [0.2, 0.25) is 15.1 Å². The first-order valence-corrected chi connectivity index (χ1v) is 18.7. The number of amides is 1. The maximum Gasteiger partial charge on any atom is 0.427 e. The minimum Gasteiger partial charge on any atom is -0.477 e. The van der Waals surface area contributed by atoms with Crippen LogP contribution in [-0.2, 0) is 31.6 Å². The van der Waals surface area contributed by atoms with Crippen molar-refractivity contribution < 1.29 is 80.6 Å². The zero-order chi connectivity index (χ0) is 46.9. The monoisotopic (exact) mass is 1010 g/mol. The summed E-state index contributed by atoms with van der Waals surface area (Å²) >= 11 is 16.6. The average Bonchev–Trinajstić information content (AvgIpc) is 3.84. The van der Waals surface area contributed by atoms with Gasteiger partial charge in [-0.1, -0.05) is 34.8 Å². The Bertz CT molecular complexity index is 2430. The number of nitrogen functional groups attached to an aromatic ring is 1. The SMILES string of the molecule is FC(F)(F)c1sccc1Cl.Nc1cc(F)c(=O)n(CC(F)F)c1.O=C(Nc1cc(F)c(=O)n(CC(F)F)c1)c1cc(Cl)c(C(F)(F)F)s1.O=C(O)c1cc(Cl)c(C(F)(F)F)s1. The highest BCUT2D eigenvalue weighted by Gasteiger charge is 2.38. The van der Waals surface area contributed by atoms with Crippen molar-refractivity contribution in [3.8, 4) is 0 Å². The number of nitrogens with zero attached hydrogens (tertiary/aromatic N) is 2. The third kappa shape index (κ3) is 16.1. The minimum absolute atomic E-state index is 0.0576. The van der Waals surface area contributed by atoms with Crippen LogP contribution in [0.25, 0.3) is 0 Å². The van der Waals surface area contributed by atoms with Crippen LogP contribution < -0.4 is 22.2 Å². The van der Waals surface area contributed by atoms with Crippen molar-refractivity contribution in [2.75, 3.05) is 11.1 Å². The van der Waals surface area contributed by atoms with Gasteiger partial charge in [0, 0.05) is 24.5 Å². The summed E-state index contributed by atoms with van der Waals surface area (Å²) in [7, 11) is 0. The van der Waals surface area contributed by atoms with E-state index < -0.39 is 114 Å². The molecule has 0 radical (unpaired) electrons. The van der Waals surface area contributed by atoms with E-state index in [0.717, 1.165) is 30.6 Å². The summed E-state index contributed by atoms with van der Waals surface area (Å²) in [4.78, 5) is 40.6. The molecule has 0 fully saturated rings. The molecule has 0 bridgehead atoms. The molecular weight excluding hydrogens is 996 g/mol. The molecule has 0 aromatic carbocycles. The molecule has 0 aliphatic carbocycles. The lowest BCUT2D eigenvalue weighted by atomic mass is 10.3. The van der Waals surface area contributed by atoms with Crippen LogP contribution in [0.4, 0.5) is 77.2 Å². The first-order valence-electron chi connectivity index (χ1n) is 15.0. The maximum atomic E-state index is 13.5. The number of halogens is 18. The summed E-state index contributed by atoms with van der Waals surface area (Å²) in [6, 6.07) is 4.16. The van der Waals surface area contributed by atoms with E-state index in [4.69, 9.17) is 45.6 Å². The van der Waals surface area contributed by atoms with Crippen molar-refractivity contribution in [1.29, 1.82) is 0 Å². The number of rotatable bonds is 7. The predicted octanol–water partition coefficient (Wildman–Crippen LogP) is 11.6. The molecule has 4 N–H and O–H groups in total. The highest BCUT2D eigenvalue weighted by Crippen LogP contribution is 2.42. The first-order chi connectivity index (χ1) is 27.8. The lowest BCUT2D eigenvalue weighted by Crippen LogP contribution is -2.26. The third-order valence-electron chi connectivity index (χ3n) is 6.23. The van der Waals surface area contributed by atoms with Gasteiger partial charge in [-0.15, -0.1) is 34.0 Å². The molecule has 0 unspecified atom stereocenters. The largest absolute Gasteiger partial charge is 0.477 e. The molecule has 336 valence electrons. The van der Waals surface area contributed by atoms with Gasteiger partial charge < -0.3 is 25.3 Å². The van der Waals surface area contributed by atoms with Gasteiger partial charge in [-0.25, -0.2) is 31.1 Å². The molecule has 9 nitrogen and oxygen atoms in total. The number of hydrogen-bond donors (Lipinski definition) is 3. The number of carboxylic acids is 1. The summed E-state index contributed by atoms with van der Waals surface area (Å²) in [6.07, 6.45) is -17.6. The van der Waals surface area contributed by atoms with Crippen LogP contribution in [0.3, 0.4) is 0 Å². The third-order valence-corrected chi connectivity index (χ3v) is 10.8. The molecule has 0 saturated heterocycles. The molecule has 0 spiro atoms. The van der Waals surface area contributed by atoms with E-state index in [2.05, 4.69) is 0 Å². The Morgan fingerprint density at radius 2 is 1.11 bits per heavy atom. The van der Waals surface area contributed by atoms with E-state index in [1.807, 2.05) is 5.32 Å². The quantitative estimate of drug-likeness (QED) is 0.139. The van der Waals surface area contributed by atoms with E-state index in [0.29, 0.717) is 26.5 Å². The second-order valence-electron chi connectivity index (χ2n) is 10.8. The van der Waals surface area contributed by atoms with Crippen LogP contribution in [0.1, 0.15) is 34.0 Å². The summed E-state index contributed by atoms with van der Waals surface area (Å²) in [5.74, 6) is -5.01. The van der Waals surface area contributed by atoms with Gasteiger partial charge in [0.25, 0.3) is 29.9 Å². The van der Waals surface area contributed by atoms with Crippen molar-refractivity contribution in [3.05, 3.63) is 120 Å². The smallest absolute Gasteiger partial charge is 0.427 e. The Kier molecular flexibility index (Phi) is 18.6. The Morgan fingerprint density at radius 1 is 0.689 bits per heavy atom. The van der Waals surface area contributed by atoms with Crippen molar-refractivity contribution in [2.45, 2.75) is 44.5 Å². The number of aromatic carboxylic acids is 1. The number of aromatic nitrogens is 2. The number of carbonyl (C=O) groups is 2. The second kappa shape index (κ2) is 21.6. The zero-order valence-corrected chi connectivity index (χ0v) is 33.5. The number of pyridine rings is 2. The van der Waals surface area contributed by atoms with E-state index >= 15 is 0 Å². The molecule has 0 aliphatic rings. The van der Waals surface area contributed by atoms with E-state index in [-0.39, 0.29) is 39.1 Å². The fourth-order valence-electron chi connectivity index (χ4n) is 3.89. The number of thiophene rings is 3. The molecule has 30 heteroatoms. The first kappa shape index (κ1) is 52.7. The summed E-state index contributed by atoms with van der Waals surface area (Å²) in [6.45, 7) is -1.96. The lowest BCUT2D eigenvalue weighted by molar-refractivity contribution is -0.135. The van der Waals surface area contributed by atoms with Gasteiger partial charge in [0.2, 0.25) is 0 Å². The molecule has 0 saturated carbocycles. The topological polar surface area (TPSA) is 136 Å². The van der Waals surface area contributed by atoms with E-state index in [9.17, 15) is 85.0 Å². The molecule has 5 aromatic rings. The molecular formula is C31H18Cl3F15N4O5S3.